The molecule has 0 radical (unpaired) electrons. The Morgan fingerprint density at radius 1 is 0.971 bits per heavy atom. The van der Waals surface area contributed by atoms with Gasteiger partial charge in [-0.15, -0.1) is 0 Å². The first-order chi connectivity index (χ1) is 15.9. The Morgan fingerprint density at radius 2 is 1.56 bits per heavy atom. The van der Waals surface area contributed by atoms with E-state index in [1.807, 2.05) is 6.07 Å². The van der Waals surface area contributed by atoms with Crippen LogP contribution < -0.4 is 15.5 Å². The minimum Gasteiger partial charge on any atom is -0.349 e. The highest BCUT2D eigenvalue weighted by Crippen LogP contribution is 2.39. The van der Waals surface area contributed by atoms with Gasteiger partial charge >= 0.3 is 12.1 Å². The number of carbonyl (C=O) groups excluding carboxylic acids is 3. The zero-order valence-electron chi connectivity index (χ0n) is 18.2. The maximum atomic E-state index is 13.2. The average molecular weight is 483 g/mol. The summed E-state index contributed by atoms with van der Waals surface area (Å²) in [5.74, 6) is -9.51. The van der Waals surface area contributed by atoms with Crippen LogP contribution in [0.1, 0.15) is 24.9 Å². The summed E-state index contributed by atoms with van der Waals surface area (Å²) in [6.07, 6.45) is -6.03. The molecule has 0 aliphatic carbocycles. The molecule has 1 heterocycles. The first-order valence-electron chi connectivity index (χ1n) is 10.4. The van der Waals surface area contributed by atoms with E-state index in [1.54, 1.807) is 42.5 Å². The predicted molar refractivity (Wildman–Crippen MR) is 114 cm³/mol. The van der Waals surface area contributed by atoms with Crippen molar-refractivity contribution in [3.05, 3.63) is 54.1 Å². The molecule has 0 fully saturated rings. The number of hydrogen-bond donors (Lipinski definition) is 2. The SMILES string of the molecule is CC[C@H](C(=O)NCC(F)(F)C(F)(F)F)C(=O)N[C@@H]1C(=O)N(C)c2ccccc2-c2ccccc21. The van der Waals surface area contributed by atoms with Crippen molar-refractivity contribution < 1.29 is 36.3 Å². The van der Waals surface area contributed by atoms with Gasteiger partial charge in [0.15, 0.2) is 0 Å². The smallest absolute Gasteiger partial charge is 0.349 e. The summed E-state index contributed by atoms with van der Waals surface area (Å²) < 4.78 is 63.5. The number of fused-ring (bicyclic) bond motifs is 3. The minimum atomic E-state index is -5.85. The number of hydrogen-bond acceptors (Lipinski definition) is 3. The summed E-state index contributed by atoms with van der Waals surface area (Å²) in [5, 5.41) is 3.99. The maximum absolute atomic E-state index is 13.2. The van der Waals surface area contributed by atoms with Gasteiger partial charge in [0, 0.05) is 12.6 Å². The summed E-state index contributed by atoms with van der Waals surface area (Å²) in [6, 6.07) is 12.7. The van der Waals surface area contributed by atoms with Gasteiger partial charge in [-0.3, -0.25) is 14.4 Å². The van der Waals surface area contributed by atoms with Crippen molar-refractivity contribution in [3.8, 4) is 11.1 Å². The van der Waals surface area contributed by atoms with Gasteiger partial charge in [-0.25, -0.2) is 0 Å². The number of nitrogens with zero attached hydrogens (tertiary/aromatic N) is 1. The zero-order chi connectivity index (χ0) is 25.3. The monoisotopic (exact) mass is 483 g/mol. The van der Waals surface area contributed by atoms with Gasteiger partial charge in [-0.1, -0.05) is 49.4 Å². The lowest BCUT2D eigenvalue weighted by atomic mass is 9.94. The van der Waals surface area contributed by atoms with Gasteiger partial charge in [0.05, 0.1) is 12.2 Å². The molecular formula is C23H22F5N3O3. The molecule has 0 saturated carbocycles. The number of para-hydroxylation sites is 1. The van der Waals surface area contributed by atoms with Crippen LogP contribution in [0.4, 0.5) is 27.6 Å². The molecule has 182 valence electrons. The second-order valence-electron chi connectivity index (χ2n) is 7.82. The van der Waals surface area contributed by atoms with Crippen LogP contribution in [0.5, 0.6) is 0 Å². The Morgan fingerprint density at radius 3 is 2.18 bits per heavy atom. The maximum Gasteiger partial charge on any atom is 0.455 e. The largest absolute Gasteiger partial charge is 0.455 e. The Kier molecular flexibility index (Phi) is 6.94. The fraction of sp³-hybridized carbons (Fsp3) is 0.348. The van der Waals surface area contributed by atoms with Crippen molar-refractivity contribution in [2.75, 3.05) is 18.5 Å². The third kappa shape index (κ3) is 4.73. The van der Waals surface area contributed by atoms with E-state index in [0.29, 0.717) is 16.8 Å². The van der Waals surface area contributed by atoms with Crippen molar-refractivity contribution >= 4 is 23.4 Å². The molecule has 0 unspecified atom stereocenters. The normalized spacial score (nSPS) is 16.7. The lowest BCUT2D eigenvalue weighted by Gasteiger charge is -2.25. The predicted octanol–water partition coefficient (Wildman–Crippen LogP) is 3.83. The number of anilines is 1. The van der Waals surface area contributed by atoms with Crippen LogP contribution in [-0.4, -0.2) is 43.4 Å². The molecule has 2 atom stereocenters. The highest BCUT2D eigenvalue weighted by molar-refractivity contribution is 6.07. The summed E-state index contributed by atoms with van der Waals surface area (Å²) >= 11 is 0. The third-order valence-electron chi connectivity index (χ3n) is 5.63. The van der Waals surface area contributed by atoms with Crippen molar-refractivity contribution in [2.24, 2.45) is 5.92 Å². The van der Waals surface area contributed by atoms with E-state index in [0.717, 1.165) is 5.56 Å². The highest BCUT2D eigenvalue weighted by atomic mass is 19.4. The number of nitrogens with one attached hydrogen (secondary N) is 2. The topological polar surface area (TPSA) is 78.5 Å². The molecule has 1 aliphatic rings. The highest BCUT2D eigenvalue weighted by Gasteiger charge is 2.57. The van der Waals surface area contributed by atoms with Crippen LogP contribution in [0.15, 0.2) is 48.5 Å². The van der Waals surface area contributed by atoms with Crippen molar-refractivity contribution in [2.45, 2.75) is 31.5 Å². The van der Waals surface area contributed by atoms with E-state index in [2.05, 4.69) is 5.32 Å². The fourth-order valence-corrected chi connectivity index (χ4v) is 3.73. The number of likely N-dealkylation sites (N-methyl/N-ethyl adjacent to an activating group) is 1. The van der Waals surface area contributed by atoms with Crippen LogP contribution in [0, 0.1) is 5.92 Å². The third-order valence-corrected chi connectivity index (χ3v) is 5.63. The molecule has 2 aromatic carbocycles. The molecule has 0 aromatic heterocycles. The lowest BCUT2D eigenvalue weighted by Crippen LogP contribution is -2.51. The van der Waals surface area contributed by atoms with E-state index >= 15 is 0 Å². The molecule has 2 aromatic rings. The molecule has 1 aliphatic heterocycles. The summed E-state index contributed by atoms with van der Waals surface area (Å²) in [4.78, 5) is 39.8. The van der Waals surface area contributed by atoms with Crippen molar-refractivity contribution in [1.82, 2.24) is 10.6 Å². The molecule has 3 rings (SSSR count). The standard InChI is InChI=1S/C23H22F5N3O3/c1-3-13(19(32)29-12-22(24,25)23(26,27)28)20(33)30-18-16-10-5-4-8-14(16)15-9-6-7-11-17(15)31(2)21(18)34/h4-11,13,18H,3,12H2,1-2H3,(H,29,32)(H,30,33)/t13-,18+/m1/s1. The van der Waals surface area contributed by atoms with Gasteiger partial charge < -0.3 is 15.5 Å². The quantitative estimate of drug-likeness (QED) is 0.484. The Labute approximate surface area is 192 Å². The second-order valence-corrected chi connectivity index (χ2v) is 7.82. The second kappa shape index (κ2) is 9.40. The molecule has 0 saturated heterocycles. The first-order valence-corrected chi connectivity index (χ1v) is 10.4. The molecule has 2 N–H and O–H groups in total. The van der Waals surface area contributed by atoms with E-state index in [9.17, 15) is 36.3 Å². The number of halogens is 5. The van der Waals surface area contributed by atoms with E-state index in [4.69, 9.17) is 0 Å². The van der Waals surface area contributed by atoms with Crippen molar-refractivity contribution in [3.63, 3.8) is 0 Å². The molecule has 11 heteroatoms. The molecule has 0 bridgehead atoms. The van der Waals surface area contributed by atoms with E-state index in [-0.39, 0.29) is 6.42 Å². The van der Waals surface area contributed by atoms with Gasteiger partial charge in [-0.05, 0) is 23.6 Å². The number of rotatable bonds is 6. The van der Waals surface area contributed by atoms with Crippen molar-refractivity contribution in [1.29, 1.82) is 0 Å². The Balaban J connectivity index is 1.85. The van der Waals surface area contributed by atoms with Crippen LogP contribution in [0.3, 0.4) is 0 Å². The van der Waals surface area contributed by atoms with Crippen LogP contribution >= 0.6 is 0 Å². The number of carbonyl (C=O) groups is 3. The molecular weight excluding hydrogens is 461 g/mol. The molecule has 3 amide bonds. The van der Waals surface area contributed by atoms with Gasteiger partial charge in [-0.2, -0.15) is 22.0 Å². The Hall–Kier alpha value is -3.50. The summed E-state index contributed by atoms with van der Waals surface area (Å²) in [7, 11) is 1.52. The van der Waals surface area contributed by atoms with Gasteiger partial charge in [0.25, 0.3) is 5.91 Å². The zero-order valence-corrected chi connectivity index (χ0v) is 18.2. The molecule has 6 nitrogen and oxygen atoms in total. The number of benzene rings is 2. The Bertz CT molecular complexity index is 1100. The summed E-state index contributed by atoms with van der Waals surface area (Å²) in [6.45, 7) is -0.598. The molecule has 0 spiro atoms. The van der Waals surface area contributed by atoms with Crippen LogP contribution in [0.25, 0.3) is 11.1 Å². The number of alkyl halides is 5. The average Bonchev–Trinajstić information content (AvgIpc) is 2.87. The summed E-state index contributed by atoms with van der Waals surface area (Å²) in [5.41, 5.74) is 2.46. The molecule has 34 heavy (non-hydrogen) atoms. The van der Waals surface area contributed by atoms with Crippen LogP contribution in [-0.2, 0) is 14.4 Å². The first kappa shape index (κ1) is 25.1. The van der Waals surface area contributed by atoms with Gasteiger partial charge in [0.1, 0.15) is 12.0 Å². The minimum absolute atomic E-state index is 0.187. The van der Waals surface area contributed by atoms with E-state index in [1.165, 1.54) is 24.2 Å². The fourth-order valence-electron chi connectivity index (χ4n) is 3.73. The lowest BCUT2D eigenvalue weighted by molar-refractivity contribution is -0.278. The van der Waals surface area contributed by atoms with Crippen LogP contribution in [0.2, 0.25) is 0 Å². The number of amides is 3. The van der Waals surface area contributed by atoms with E-state index < -0.39 is 48.3 Å². The van der Waals surface area contributed by atoms with Gasteiger partial charge in [0.2, 0.25) is 11.8 Å².